The number of pyridine rings is 1. The number of nitrogens with zero attached hydrogens (tertiary/aromatic N) is 2. The normalized spacial score (nSPS) is 12.6. The van der Waals surface area contributed by atoms with E-state index in [2.05, 4.69) is 20.7 Å². The van der Waals surface area contributed by atoms with Crippen LogP contribution in [0.5, 0.6) is 0 Å². The number of nitrogens with one attached hydrogen (secondary N) is 1. The largest absolute Gasteiger partial charge is 0.383 e. The SMILES string of the molecule is CNC(Cc1nc(C)cs1)c1cccnc1N. The number of thiazole rings is 1. The fourth-order valence-corrected chi connectivity index (χ4v) is 2.58. The molecule has 0 radical (unpaired) electrons. The third-order valence-corrected chi connectivity index (χ3v) is 3.63. The fourth-order valence-electron chi connectivity index (χ4n) is 1.76. The van der Waals surface area contributed by atoms with E-state index in [9.17, 15) is 0 Å². The van der Waals surface area contributed by atoms with Crippen molar-refractivity contribution in [2.24, 2.45) is 0 Å². The number of anilines is 1. The minimum absolute atomic E-state index is 0.161. The second kappa shape index (κ2) is 5.25. The van der Waals surface area contributed by atoms with Crippen LogP contribution in [0.1, 0.15) is 22.3 Å². The zero-order chi connectivity index (χ0) is 12.3. The van der Waals surface area contributed by atoms with Gasteiger partial charge in [0.2, 0.25) is 0 Å². The fraction of sp³-hybridized carbons (Fsp3) is 0.333. The first-order valence-corrected chi connectivity index (χ1v) is 6.37. The molecule has 3 N–H and O–H groups in total. The van der Waals surface area contributed by atoms with Gasteiger partial charge in [-0.25, -0.2) is 9.97 Å². The van der Waals surface area contributed by atoms with Gasteiger partial charge in [0.1, 0.15) is 5.82 Å². The smallest absolute Gasteiger partial charge is 0.128 e. The molecule has 0 bridgehead atoms. The molecule has 5 heteroatoms. The van der Waals surface area contributed by atoms with Gasteiger partial charge in [-0.2, -0.15) is 0 Å². The first kappa shape index (κ1) is 12.0. The summed E-state index contributed by atoms with van der Waals surface area (Å²) in [6, 6.07) is 4.07. The monoisotopic (exact) mass is 248 g/mol. The summed E-state index contributed by atoms with van der Waals surface area (Å²) >= 11 is 1.68. The minimum Gasteiger partial charge on any atom is -0.383 e. The van der Waals surface area contributed by atoms with E-state index in [1.165, 1.54) is 0 Å². The maximum Gasteiger partial charge on any atom is 0.128 e. The van der Waals surface area contributed by atoms with Crippen molar-refractivity contribution in [2.45, 2.75) is 19.4 Å². The molecule has 1 unspecified atom stereocenters. The van der Waals surface area contributed by atoms with Gasteiger partial charge < -0.3 is 11.1 Å². The highest BCUT2D eigenvalue weighted by Gasteiger charge is 2.15. The molecule has 0 saturated heterocycles. The van der Waals surface area contributed by atoms with Crippen molar-refractivity contribution in [2.75, 3.05) is 12.8 Å². The molecular weight excluding hydrogens is 232 g/mol. The molecule has 0 aromatic carbocycles. The lowest BCUT2D eigenvalue weighted by Crippen LogP contribution is -2.20. The number of nitrogen functional groups attached to an aromatic ring is 1. The van der Waals surface area contributed by atoms with Crippen LogP contribution in [0.25, 0.3) is 0 Å². The predicted octanol–water partition coefficient (Wildman–Crippen LogP) is 1.93. The molecule has 0 saturated carbocycles. The van der Waals surface area contributed by atoms with E-state index in [1.54, 1.807) is 17.5 Å². The lowest BCUT2D eigenvalue weighted by atomic mass is 10.1. The molecule has 4 nitrogen and oxygen atoms in total. The Bertz CT molecular complexity index is 495. The third kappa shape index (κ3) is 2.81. The van der Waals surface area contributed by atoms with Crippen LogP contribution in [0.3, 0.4) is 0 Å². The molecule has 2 aromatic rings. The van der Waals surface area contributed by atoms with Crippen LogP contribution in [0, 0.1) is 6.92 Å². The van der Waals surface area contributed by atoms with Crippen molar-refractivity contribution in [3.63, 3.8) is 0 Å². The molecule has 1 atom stereocenters. The maximum atomic E-state index is 5.89. The Kier molecular flexibility index (Phi) is 3.71. The Labute approximate surface area is 105 Å². The molecule has 0 aliphatic rings. The number of aryl methyl sites for hydroxylation is 1. The van der Waals surface area contributed by atoms with Crippen LogP contribution in [-0.2, 0) is 6.42 Å². The molecule has 90 valence electrons. The van der Waals surface area contributed by atoms with E-state index in [0.717, 1.165) is 22.7 Å². The number of hydrogen-bond acceptors (Lipinski definition) is 5. The van der Waals surface area contributed by atoms with E-state index in [4.69, 9.17) is 5.73 Å². The lowest BCUT2D eigenvalue weighted by Gasteiger charge is -2.16. The van der Waals surface area contributed by atoms with Crippen molar-refractivity contribution in [1.82, 2.24) is 15.3 Å². The Morgan fingerprint density at radius 1 is 1.53 bits per heavy atom. The van der Waals surface area contributed by atoms with E-state index in [-0.39, 0.29) is 6.04 Å². The summed E-state index contributed by atoms with van der Waals surface area (Å²) in [6.07, 6.45) is 2.55. The zero-order valence-corrected chi connectivity index (χ0v) is 10.8. The molecule has 2 rings (SSSR count). The standard InChI is InChI=1S/C12H16N4S/c1-8-7-17-11(16-8)6-10(14-2)9-4-3-5-15-12(9)13/h3-5,7,10,14H,6H2,1-2H3,(H2,13,15). The maximum absolute atomic E-state index is 5.89. The Morgan fingerprint density at radius 2 is 2.35 bits per heavy atom. The van der Waals surface area contributed by atoms with Gasteiger partial charge in [0.25, 0.3) is 0 Å². The topological polar surface area (TPSA) is 63.8 Å². The van der Waals surface area contributed by atoms with Crippen molar-refractivity contribution >= 4 is 17.2 Å². The second-order valence-corrected chi connectivity index (χ2v) is 4.85. The highest BCUT2D eigenvalue weighted by molar-refractivity contribution is 7.09. The van der Waals surface area contributed by atoms with Gasteiger partial charge in [0, 0.05) is 35.3 Å². The molecule has 2 aromatic heterocycles. The summed E-state index contributed by atoms with van der Waals surface area (Å²) in [5.74, 6) is 0.583. The Morgan fingerprint density at radius 3 is 2.94 bits per heavy atom. The molecule has 2 heterocycles. The van der Waals surface area contributed by atoms with Crippen LogP contribution in [0.2, 0.25) is 0 Å². The van der Waals surface area contributed by atoms with Gasteiger partial charge >= 0.3 is 0 Å². The van der Waals surface area contributed by atoms with E-state index >= 15 is 0 Å². The Balaban J connectivity index is 2.20. The predicted molar refractivity (Wildman–Crippen MR) is 71.0 cm³/mol. The van der Waals surface area contributed by atoms with Crippen LogP contribution in [0.4, 0.5) is 5.82 Å². The number of aromatic nitrogens is 2. The van der Waals surface area contributed by atoms with Crippen molar-refractivity contribution in [1.29, 1.82) is 0 Å². The molecule has 0 aliphatic heterocycles. The van der Waals surface area contributed by atoms with Gasteiger partial charge in [-0.15, -0.1) is 11.3 Å². The highest BCUT2D eigenvalue weighted by Crippen LogP contribution is 2.23. The number of hydrogen-bond donors (Lipinski definition) is 2. The molecule has 0 spiro atoms. The number of likely N-dealkylation sites (N-methyl/N-ethyl adjacent to an activating group) is 1. The van der Waals surface area contributed by atoms with Gasteiger partial charge in [-0.1, -0.05) is 6.07 Å². The van der Waals surface area contributed by atoms with Gasteiger partial charge in [-0.05, 0) is 20.0 Å². The molecule has 0 fully saturated rings. The van der Waals surface area contributed by atoms with Crippen molar-refractivity contribution in [3.05, 3.63) is 40.0 Å². The summed E-state index contributed by atoms with van der Waals surface area (Å²) in [6.45, 7) is 2.01. The lowest BCUT2D eigenvalue weighted by molar-refractivity contribution is 0.590. The summed E-state index contributed by atoms with van der Waals surface area (Å²) < 4.78 is 0. The molecule has 0 amide bonds. The van der Waals surface area contributed by atoms with Crippen LogP contribution < -0.4 is 11.1 Å². The second-order valence-electron chi connectivity index (χ2n) is 3.91. The molecular formula is C12H16N4S. The quantitative estimate of drug-likeness (QED) is 0.868. The first-order chi connectivity index (χ1) is 8.20. The van der Waals surface area contributed by atoms with Gasteiger partial charge in [0.15, 0.2) is 0 Å². The van der Waals surface area contributed by atoms with Crippen LogP contribution in [-0.4, -0.2) is 17.0 Å². The van der Waals surface area contributed by atoms with E-state index in [0.29, 0.717) is 5.82 Å². The van der Waals surface area contributed by atoms with Crippen molar-refractivity contribution in [3.8, 4) is 0 Å². The summed E-state index contributed by atoms with van der Waals surface area (Å²) in [5, 5.41) is 6.44. The number of rotatable bonds is 4. The minimum atomic E-state index is 0.161. The zero-order valence-electron chi connectivity index (χ0n) is 9.97. The average molecular weight is 248 g/mol. The number of nitrogens with two attached hydrogens (primary N) is 1. The molecule has 17 heavy (non-hydrogen) atoms. The Hall–Kier alpha value is -1.46. The summed E-state index contributed by atoms with van der Waals surface area (Å²) in [7, 11) is 1.93. The highest BCUT2D eigenvalue weighted by atomic mass is 32.1. The van der Waals surface area contributed by atoms with Crippen molar-refractivity contribution < 1.29 is 0 Å². The average Bonchev–Trinajstić information content (AvgIpc) is 2.73. The van der Waals surface area contributed by atoms with Gasteiger partial charge in [0.05, 0.1) is 5.01 Å². The first-order valence-electron chi connectivity index (χ1n) is 5.49. The van der Waals surface area contributed by atoms with Crippen LogP contribution in [0.15, 0.2) is 23.7 Å². The van der Waals surface area contributed by atoms with Crippen LogP contribution >= 0.6 is 11.3 Å². The molecule has 0 aliphatic carbocycles. The third-order valence-electron chi connectivity index (χ3n) is 2.64. The van der Waals surface area contributed by atoms with E-state index < -0.39 is 0 Å². The van der Waals surface area contributed by atoms with E-state index in [1.807, 2.05) is 26.1 Å². The summed E-state index contributed by atoms with van der Waals surface area (Å²) in [4.78, 5) is 8.59. The summed E-state index contributed by atoms with van der Waals surface area (Å²) in [5.41, 5.74) is 7.99. The van der Waals surface area contributed by atoms with Gasteiger partial charge in [-0.3, -0.25) is 0 Å².